The first-order valence-electron chi connectivity index (χ1n) is 7.89. The number of rotatable bonds is 6. The summed E-state index contributed by atoms with van der Waals surface area (Å²) in [6.07, 6.45) is 0. The lowest BCUT2D eigenvalue weighted by molar-refractivity contribution is -0.120. The van der Waals surface area contributed by atoms with Gasteiger partial charge < -0.3 is 5.32 Å². The van der Waals surface area contributed by atoms with Gasteiger partial charge in [-0.15, -0.1) is 11.8 Å². The molecule has 6 heteroatoms. The largest absolute Gasteiger partial charge is 0.326 e. The second kappa shape index (κ2) is 9.03. The van der Waals surface area contributed by atoms with Crippen LogP contribution in [0.5, 0.6) is 0 Å². The van der Waals surface area contributed by atoms with Crippen LogP contribution in [0.1, 0.15) is 26.3 Å². The zero-order valence-electron chi connectivity index (χ0n) is 14.4. The van der Waals surface area contributed by atoms with Crippen LogP contribution in [0.2, 0.25) is 0 Å². The normalized spacial score (nSPS) is 12.4. The minimum Gasteiger partial charge on any atom is -0.326 e. The van der Waals surface area contributed by atoms with Crippen molar-refractivity contribution in [3.05, 3.63) is 60.2 Å². The average molecular weight is 355 g/mol. The van der Waals surface area contributed by atoms with E-state index in [-0.39, 0.29) is 17.1 Å². The smallest absolute Gasteiger partial charge is 0.253 e. The lowest BCUT2D eigenvalue weighted by Crippen LogP contribution is -2.27. The van der Waals surface area contributed by atoms with E-state index in [1.54, 1.807) is 6.07 Å². The minimum absolute atomic E-state index is 0.133. The van der Waals surface area contributed by atoms with Crippen LogP contribution in [0.25, 0.3) is 0 Å². The number of hydrazone groups is 1. The number of hydrogen-bond donors (Lipinski definition) is 2. The number of hydrogen-bond acceptors (Lipinski definition) is 4. The Kier molecular flexibility index (Phi) is 6.77. The summed E-state index contributed by atoms with van der Waals surface area (Å²) in [6, 6.07) is 17.1. The third-order valence-electron chi connectivity index (χ3n) is 3.36. The number of nitrogens with one attached hydrogen (secondary N) is 2. The zero-order chi connectivity index (χ0) is 18.2. The number of carbonyl (C=O) groups excluding carboxylic acids is 2. The van der Waals surface area contributed by atoms with E-state index in [0.29, 0.717) is 11.4 Å². The Bertz CT molecular complexity index is 775. The molecule has 0 heterocycles. The maximum atomic E-state index is 12.2. The van der Waals surface area contributed by atoms with Gasteiger partial charge in [0.2, 0.25) is 5.91 Å². The van der Waals surface area contributed by atoms with Crippen LogP contribution < -0.4 is 10.7 Å². The van der Waals surface area contributed by atoms with Crippen molar-refractivity contribution in [1.82, 2.24) is 5.43 Å². The van der Waals surface area contributed by atoms with Gasteiger partial charge in [0, 0.05) is 17.5 Å². The first-order valence-corrected chi connectivity index (χ1v) is 8.77. The fourth-order valence-corrected chi connectivity index (χ4v) is 2.96. The number of nitrogens with zero attached hydrogens (tertiary/aromatic N) is 1. The fraction of sp³-hybridized carbons (Fsp3) is 0.211. The molecule has 0 aliphatic carbocycles. The standard InChI is InChI=1S/C19H21N3O2S/c1-13(16-8-7-9-17(12-16)20-15(3)23)21-22-19(24)14(2)25-18-10-5-4-6-11-18/h4-12,14H,1-3H3,(H,20,23)(H,22,24)/b21-13-/t14-/m1/s1. The quantitative estimate of drug-likeness (QED) is 0.472. The molecule has 5 nitrogen and oxygen atoms in total. The van der Waals surface area contributed by atoms with Crippen LogP contribution in [-0.4, -0.2) is 22.8 Å². The van der Waals surface area contributed by atoms with Gasteiger partial charge in [0.25, 0.3) is 5.91 Å². The molecule has 0 radical (unpaired) electrons. The Morgan fingerprint density at radius 3 is 2.44 bits per heavy atom. The number of anilines is 1. The predicted molar refractivity (Wildman–Crippen MR) is 103 cm³/mol. The molecular formula is C19H21N3O2S. The maximum absolute atomic E-state index is 12.2. The maximum Gasteiger partial charge on any atom is 0.253 e. The molecule has 2 N–H and O–H groups in total. The van der Waals surface area contributed by atoms with Gasteiger partial charge in [0.05, 0.1) is 11.0 Å². The summed E-state index contributed by atoms with van der Waals surface area (Å²) in [7, 11) is 0. The fourth-order valence-electron chi connectivity index (χ4n) is 2.08. The first-order chi connectivity index (χ1) is 12.0. The van der Waals surface area contributed by atoms with Gasteiger partial charge in [-0.1, -0.05) is 30.3 Å². The van der Waals surface area contributed by atoms with Gasteiger partial charge in [-0.25, -0.2) is 5.43 Å². The Hall–Kier alpha value is -2.60. The van der Waals surface area contributed by atoms with Gasteiger partial charge in [0.1, 0.15) is 0 Å². The van der Waals surface area contributed by atoms with Crippen molar-refractivity contribution in [3.8, 4) is 0 Å². The molecule has 0 bridgehead atoms. The van der Waals surface area contributed by atoms with Crippen LogP contribution in [0.15, 0.2) is 64.6 Å². The van der Waals surface area contributed by atoms with E-state index in [4.69, 9.17) is 0 Å². The molecule has 0 saturated heterocycles. The van der Waals surface area contributed by atoms with E-state index in [9.17, 15) is 9.59 Å². The summed E-state index contributed by atoms with van der Waals surface area (Å²) in [6.45, 7) is 5.11. The molecule has 0 aromatic heterocycles. The Balaban J connectivity index is 1.98. The molecule has 0 aliphatic rings. The summed E-state index contributed by atoms with van der Waals surface area (Å²) in [5, 5.41) is 6.63. The van der Waals surface area contributed by atoms with Crippen molar-refractivity contribution >= 4 is 35.0 Å². The van der Waals surface area contributed by atoms with Crippen molar-refractivity contribution in [1.29, 1.82) is 0 Å². The van der Waals surface area contributed by atoms with E-state index in [1.807, 2.05) is 62.4 Å². The third kappa shape index (κ3) is 6.08. The number of amides is 2. The monoisotopic (exact) mass is 355 g/mol. The lowest BCUT2D eigenvalue weighted by atomic mass is 10.1. The van der Waals surface area contributed by atoms with E-state index in [1.165, 1.54) is 18.7 Å². The summed E-state index contributed by atoms with van der Waals surface area (Å²) in [4.78, 5) is 24.4. The number of carbonyl (C=O) groups is 2. The van der Waals surface area contributed by atoms with Crippen LogP contribution in [0, 0.1) is 0 Å². The van der Waals surface area contributed by atoms with Gasteiger partial charge >= 0.3 is 0 Å². The van der Waals surface area contributed by atoms with E-state index >= 15 is 0 Å². The highest BCUT2D eigenvalue weighted by Crippen LogP contribution is 2.22. The first kappa shape index (κ1) is 18.7. The van der Waals surface area contributed by atoms with Crippen LogP contribution in [0.4, 0.5) is 5.69 Å². The Labute approximate surface area is 151 Å². The van der Waals surface area contributed by atoms with Crippen molar-refractivity contribution in [3.63, 3.8) is 0 Å². The number of thioether (sulfide) groups is 1. The van der Waals surface area contributed by atoms with Crippen LogP contribution in [0.3, 0.4) is 0 Å². The molecule has 0 unspecified atom stereocenters. The molecule has 130 valence electrons. The van der Waals surface area contributed by atoms with Crippen molar-refractivity contribution in [2.75, 3.05) is 5.32 Å². The lowest BCUT2D eigenvalue weighted by Gasteiger charge is -2.10. The molecule has 0 aliphatic heterocycles. The highest BCUT2D eigenvalue weighted by molar-refractivity contribution is 8.00. The molecule has 0 fully saturated rings. The van der Waals surface area contributed by atoms with E-state index in [2.05, 4.69) is 15.8 Å². The summed E-state index contributed by atoms with van der Waals surface area (Å²) < 4.78 is 0. The predicted octanol–water partition coefficient (Wildman–Crippen LogP) is 3.67. The zero-order valence-corrected chi connectivity index (χ0v) is 15.3. The van der Waals surface area contributed by atoms with Gasteiger partial charge in [-0.2, -0.15) is 5.10 Å². The van der Waals surface area contributed by atoms with Crippen LogP contribution >= 0.6 is 11.8 Å². The van der Waals surface area contributed by atoms with Crippen molar-refractivity contribution in [2.45, 2.75) is 30.9 Å². The third-order valence-corrected chi connectivity index (χ3v) is 4.47. The van der Waals surface area contributed by atoms with E-state index < -0.39 is 0 Å². The van der Waals surface area contributed by atoms with Gasteiger partial charge in [0.15, 0.2) is 0 Å². The average Bonchev–Trinajstić information content (AvgIpc) is 2.59. The summed E-state index contributed by atoms with van der Waals surface area (Å²) in [5.41, 5.74) is 4.79. The second-order valence-electron chi connectivity index (χ2n) is 5.51. The summed E-state index contributed by atoms with van der Waals surface area (Å²) >= 11 is 1.48. The van der Waals surface area contributed by atoms with Crippen LogP contribution in [-0.2, 0) is 9.59 Å². The van der Waals surface area contributed by atoms with Gasteiger partial charge in [-0.05, 0) is 43.7 Å². The topological polar surface area (TPSA) is 70.6 Å². The highest BCUT2D eigenvalue weighted by atomic mass is 32.2. The van der Waals surface area contributed by atoms with E-state index in [0.717, 1.165) is 10.5 Å². The van der Waals surface area contributed by atoms with Crippen molar-refractivity contribution < 1.29 is 9.59 Å². The molecule has 25 heavy (non-hydrogen) atoms. The SMILES string of the molecule is CC(=O)Nc1cccc(/C(C)=N\NC(=O)[C@@H](C)Sc2ccccc2)c1. The Morgan fingerprint density at radius 1 is 1.04 bits per heavy atom. The second-order valence-corrected chi connectivity index (χ2v) is 6.92. The molecule has 0 spiro atoms. The molecule has 2 amide bonds. The summed E-state index contributed by atoms with van der Waals surface area (Å²) in [5.74, 6) is -0.293. The highest BCUT2D eigenvalue weighted by Gasteiger charge is 2.13. The molecule has 2 aromatic rings. The van der Waals surface area contributed by atoms with Crippen molar-refractivity contribution in [2.24, 2.45) is 5.10 Å². The molecule has 1 atom stereocenters. The van der Waals surface area contributed by atoms with Gasteiger partial charge in [-0.3, -0.25) is 9.59 Å². The number of benzene rings is 2. The molecule has 2 rings (SSSR count). The molecular weight excluding hydrogens is 334 g/mol. The molecule has 2 aromatic carbocycles. The molecule has 0 saturated carbocycles. The minimum atomic E-state index is -0.260. The Morgan fingerprint density at radius 2 is 1.76 bits per heavy atom.